The molecule has 0 radical (unpaired) electrons. The van der Waals surface area contributed by atoms with E-state index in [4.69, 9.17) is 5.73 Å². The van der Waals surface area contributed by atoms with Crippen LogP contribution in [0.3, 0.4) is 0 Å². The molecule has 3 nitrogen and oxygen atoms in total. The van der Waals surface area contributed by atoms with Crippen molar-refractivity contribution in [2.75, 3.05) is 6.54 Å². The molecule has 1 aromatic carbocycles. The molecule has 0 aromatic heterocycles. The van der Waals surface area contributed by atoms with Crippen molar-refractivity contribution in [3.63, 3.8) is 0 Å². The smallest absolute Gasteiger partial charge is 0.252 e. The van der Waals surface area contributed by atoms with Gasteiger partial charge in [-0.25, -0.2) is 0 Å². The zero-order chi connectivity index (χ0) is 15.5. The summed E-state index contributed by atoms with van der Waals surface area (Å²) in [6.45, 7) is 6.73. The van der Waals surface area contributed by atoms with Crippen molar-refractivity contribution in [1.29, 1.82) is 0 Å². The Morgan fingerprint density at radius 3 is 2.86 bits per heavy atom. The quantitative estimate of drug-likeness (QED) is 0.820. The van der Waals surface area contributed by atoms with Crippen LogP contribution in [0.5, 0.6) is 0 Å². The van der Waals surface area contributed by atoms with Gasteiger partial charge in [0.1, 0.15) is 0 Å². The number of nitrogens with one attached hydrogen (secondary N) is 1. The summed E-state index contributed by atoms with van der Waals surface area (Å²) in [6, 6.07) is 5.98. The van der Waals surface area contributed by atoms with Crippen LogP contribution in [0.2, 0.25) is 0 Å². The van der Waals surface area contributed by atoms with Crippen molar-refractivity contribution < 1.29 is 4.79 Å². The molecular weight excluding hydrogens is 260 g/mol. The number of hydrogen-bond acceptors (Lipinski definition) is 2. The van der Waals surface area contributed by atoms with E-state index in [1.807, 2.05) is 25.1 Å². The van der Waals surface area contributed by atoms with E-state index in [1.165, 1.54) is 6.42 Å². The molecule has 0 bridgehead atoms. The molecule has 112 valence electrons. The summed E-state index contributed by atoms with van der Waals surface area (Å²) in [4.78, 5) is 12.6. The largest absolute Gasteiger partial charge is 0.349 e. The van der Waals surface area contributed by atoms with Crippen LogP contribution in [0.1, 0.15) is 54.6 Å². The number of aryl methyl sites for hydroxylation is 1. The van der Waals surface area contributed by atoms with E-state index >= 15 is 0 Å². The lowest BCUT2D eigenvalue weighted by atomic mass is 9.87. The van der Waals surface area contributed by atoms with Crippen LogP contribution in [0.15, 0.2) is 18.2 Å². The van der Waals surface area contributed by atoms with Gasteiger partial charge >= 0.3 is 0 Å². The average molecular weight is 284 g/mol. The van der Waals surface area contributed by atoms with E-state index < -0.39 is 0 Å². The van der Waals surface area contributed by atoms with Crippen molar-refractivity contribution in [1.82, 2.24) is 5.32 Å². The minimum absolute atomic E-state index is 0.0312. The van der Waals surface area contributed by atoms with Crippen LogP contribution in [-0.2, 0) is 0 Å². The molecule has 0 spiro atoms. The van der Waals surface area contributed by atoms with Gasteiger partial charge in [0.05, 0.1) is 12.1 Å². The first kappa shape index (κ1) is 15.6. The third-order valence-electron chi connectivity index (χ3n) is 4.31. The summed E-state index contributed by atoms with van der Waals surface area (Å²) < 4.78 is 0. The van der Waals surface area contributed by atoms with Gasteiger partial charge in [0, 0.05) is 11.6 Å². The summed E-state index contributed by atoms with van der Waals surface area (Å²) >= 11 is 0. The number of nitrogens with two attached hydrogens (primary N) is 1. The van der Waals surface area contributed by atoms with E-state index in [1.54, 1.807) is 0 Å². The van der Waals surface area contributed by atoms with Crippen molar-refractivity contribution >= 4 is 5.91 Å². The first-order chi connectivity index (χ1) is 9.94. The van der Waals surface area contributed by atoms with Gasteiger partial charge in [-0.1, -0.05) is 38.2 Å². The summed E-state index contributed by atoms with van der Waals surface area (Å²) in [7, 11) is 0. The maximum absolute atomic E-state index is 12.6. The minimum Gasteiger partial charge on any atom is -0.349 e. The van der Waals surface area contributed by atoms with Gasteiger partial charge in [0.2, 0.25) is 0 Å². The summed E-state index contributed by atoms with van der Waals surface area (Å²) in [6.07, 6.45) is 3.38. The molecule has 1 atom stereocenters. The summed E-state index contributed by atoms with van der Waals surface area (Å²) in [5, 5.41) is 3.18. The molecule has 21 heavy (non-hydrogen) atoms. The van der Waals surface area contributed by atoms with Gasteiger partial charge in [-0.2, -0.15) is 0 Å². The standard InChI is InChI=1S/C18H24N2O/c1-13-8-9-15(14(12-13)6-5-11-19)17(21)20-16-7-4-10-18(16,2)3/h8-9,12,16H,4,7,10-11,19H2,1-3H3,(H,20,21). The molecule has 2 rings (SSSR count). The number of rotatable bonds is 2. The predicted molar refractivity (Wildman–Crippen MR) is 86.0 cm³/mol. The highest BCUT2D eigenvalue weighted by Crippen LogP contribution is 2.37. The monoisotopic (exact) mass is 284 g/mol. The minimum atomic E-state index is -0.0312. The Kier molecular flexibility index (Phi) is 4.69. The van der Waals surface area contributed by atoms with Gasteiger partial charge in [-0.15, -0.1) is 0 Å². The van der Waals surface area contributed by atoms with Crippen molar-refractivity contribution in [2.24, 2.45) is 11.1 Å². The highest BCUT2D eigenvalue weighted by molar-refractivity contribution is 5.97. The SMILES string of the molecule is Cc1ccc(C(=O)NC2CCCC2(C)C)c(C#CCN)c1. The number of carbonyl (C=O) groups excluding carboxylic acids is 1. The van der Waals surface area contributed by atoms with Crippen molar-refractivity contribution in [3.8, 4) is 11.8 Å². The Bertz CT molecular complexity index is 593. The molecule has 1 unspecified atom stereocenters. The molecule has 1 amide bonds. The topological polar surface area (TPSA) is 55.1 Å². The van der Waals surface area contributed by atoms with Gasteiger partial charge in [0.25, 0.3) is 5.91 Å². The zero-order valence-corrected chi connectivity index (χ0v) is 13.1. The molecule has 1 aliphatic rings. The summed E-state index contributed by atoms with van der Waals surface area (Å²) in [5.41, 5.74) is 8.10. The molecular formula is C18H24N2O. The molecule has 3 heteroatoms. The molecule has 3 N–H and O–H groups in total. The maximum Gasteiger partial charge on any atom is 0.252 e. The molecule has 1 saturated carbocycles. The Morgan fingerprint density at radius 2 is 2.24 bits per heavy atom. The third kappa shape index (κ3) is 3.65. The first-order valence-corrected chi connectivity index (χ1v) is 7.54. The van der Waals surface area contributed by atoms with Gasteiger partial charge in [0.15, 0.2) is 0 Å². The fourth-order valence-corrected chi connectivity index (χ4v) is 2.94. The van der Waals surface area contributed by atoms with E-state index in [-0.39, 0.29) is 17.4 Å². The highest BCUT2D eigenvalue weighted by Gasteiger charge is 2.35. The van der Waals surface area contributed by atoms with Crippen LogP contribution in [0.4, 0.5) is 0 Å². The fourth-order valence-electron chi connectivity index (χ4n) is 2.94. The maximum atomic E-state index is 12.6. The highest BCUT2D eigenvalue weighted by atomic mass is 16.1. The van der Waals surface area contributed by atoms with Crippen LogP contribution >= 0.6 is 0 Å². The molecule has 0 saturated heterocycles. The predicted octanol–water partition coefficient (Wildman–Crippen LogP) is 2.61. The Hall–Kier alpha value is -1.79. The normalized spacial score (nSPS) is 19.7. The van der Waals surface area contributed by atoms with Gasteiger partial charge in [-0.3, -0.25) is 4.79 Å². The Balaban J connectivity index is 2.23. The zero-order valence-electron chi connectivity index (χ0n) is 13.1. The summed E-state index contributed by atoms with van der Waals surface area (Å²) in [5.74, 6) is 5.81. The molecule has 1 aliphatic carbocycles. The molecule has 1 fully saturated rings. The van der Waals surface area contributed by atoms with E-state index in [0.29, 0.717) is 12.1 Å². The van der Waals surface area contributed by atoms with Crippen LogP contribution in [-0.4, -0.2) is 18.5 Å². The van der Waals surface area contributed by atoms with E-state index in [2.05, 4.69) is 31.0 Å². The average Bonchev–Trinajstić information content (AvgIpc) is 2.75. The second-order valence-corrected chi connectivity index (χ2v) is 6.46. The van der Waals surface area contributed by atoms with Crippen molar-refractivity contribution in [2.45, 2.75) is 46.1 Å². The number of carbonyl (C=O) groups is 1. The number of hydrogen-bond donors (Lipinski definition) is 2. The number of benzene rings is 1. The first-order valence-electron chi connectivity index (χ1n) is 7.54. The lowest BCUT2D eigenvalue weighted by molar-refractivity contribution is 0.0910. The van der Waals surface area contributed by atoms with Gasteiger partial charge in [-0.05, 0) is 42.9 Å². The molecule has 1 aromatic rings. The molecule has 0 aliphatic heterocycles. The second-order valence-electron chi connectivity index (χ2n) is 6.46. The third-order valence-corrected chi connectivity index (χ3v) is 4.31. The van der Waals surface area contributed by atoms with Gasteiger partial charge < -0.3 is 11.1 Å². The lowest BCUT2D eigenvalue weighted by Crippen LogP contribution is -2.41. The van der Waals surface area contributed by atoms with Crippen LogP contribution in [0.25, 0.3) is 0 Å². The number of amides is 1. The van der Waals surface area contributed by atoms with Crippen molar-refractivity contribution in [3.05, 3.63) is 34.9 Å². The van der Waals surface area contributed by atoms with Crippen LogP contribution in [0, 0.1) is 24.2 Å². The second kappa shape index (κ2) is 6.32. The lowest BCUT2D eigenvalue weighted by Gasteiger charge is -2.28. The Morgan fingerprint density at radius 1 is 1.48 bits per heavy atom. The van der Waals surface area contributed by atoms with E-state index in [0.717, 1.165) is 24.0 Å². The molecule has 0 heterocycles. The Labute approximate surface area is 127 Å². The van der Waals surface area contributed by atoms with Crippen LogP contribution < -0.4 is 11.1 Å². The fraction of sp³-hybridized carbons (Fsp3) is 0.500. The van der Waals surface area contributed by atoms with E-state index in [9.17, 15) is 4.79 Å².